The standard InChI is InChI=1S/C17H19ClF2N2O3/c1-2-15(23)22-9-7-17(19,20)14(11-22)16(24)21-8-10-25-13-5-3-12(18)4-6-13/h2-6,14H,1,7-11H2,(H,21,24). The lowest BCUT2D eigenvalue weighted by Crippen LogP contribution is -2.54. The number of amides is 2. The zero-order valence-corrected chi connectivity index (χ0v) is 14.3. The molecule has 8 heteroatoms. The minimum atomic E-state index is -3.15. The van der Waals surface area contributed by atoms with Gasteiger partial charge in [0.25, 0.3) is 5.92 Å². The molecule has 136 valence electrons. The summed E-state index contributed by atoms with van der Waals surface area (Å²) in [6.07, 6.45) is 0.504. The fraction of sp³-hybridized carbons (Fsp3) is 0.412. The first-order valence-corrected chi connectivity index (χ1v) is 8.16. The third-order valence-electron chi connectivity index (χ3n) is 3.91. The predicted octanol–water partition coefficient (Wildman–Crippen LogP) is 2.50. The Morgan fingerprint density at radius 3 is 2.72 bits per heavy atom. The van der Waals surface area contributed by atoms with Gasteiger partial charge in [-0.25, -0.2) is 8.78 Å². The highest BCUT2D eigenvalue weighted by atomic mass is 35.5. The number of nitrogens with zero attached hydrogens (tertiary/aromatic N) is 1. The van der Waals surface area contributed by atoms with Crippen LogP contribution in [0.3, 0.4) is 0 Å². The molecule has 1 aliphatic rings. The number of hydrogen-bond acceptors (Lipinski definition) is 3. The van der Waals surface area contributed by atoms with Crippen molar-refractivity contribution in [3.63, 3.8) is 0 Å². The summed E-state index contributed by atoms with van der Waals surface area (Å²) in [7, 11) is 0. The quantitative estimate of drug-likeness (QED) is 0.616. The molecular weight excluding hydrogens is 354 g/mol. The summed E-state index contributed by atoms with van der Waals surface area (Å²) >= 11 is 5.75. The number of ether oxygens (including phenoxy) is 1. The van der Waals surface area contributed by atoms with Crippen LogP contribution in [0.25, 0.3) is 0 Å². The van der Waals surface area contributed by atoms with E-state index in [1.165, 1.54) is 4.90 Å². The maximum Gasteiger partial charge on any atom is 0.263 e. The molecule has 0 aliphatic carbocycles. The fourth-order valence-corrected chi connectivity index (χ4v) is 2.63. The van der Waals surface area contributed by atoms with Crippen molar-refractivity contribution in [2.75, 3.05) is 26.2 Å². The topological polar surface area (TPSA) is 58.6 Å². The maximum absolute atomic E-state index is 14.0. The molecule has 0 bridgehead atoms. The van der Waals surface area contributed by atoms with Gasteiger partial charge >= 0.3 is 0 Å². The molecule has 1 N–H and O–H groups in total. The van der Waals surface area contributed by atoms with E-state index in [9.17, 15) is 18.4 Å². The summed E-state index contributed by atoms with van der Waals surface area (Å²) in [5, 5.41) is 3.00. The molecule has 25 heavy (non-hydrogen) atoms. The molecule has 0 radical (unpaired) electrons. The third kappa shape index (κ3) is 5.16. The van der Waals surface area contributed by atoms with Gasteiger partial charge in [0, 0.05) is 24.5 Å². The van der Waals surface area contributed by atoms with E-state index in [1.54, 1.807) is 24.3 Å². The Kier molecular flexibility index (Phi) is 6.36. The Bertz CT molecular complexity index is 637. The zero-order valence-electron chi connectivity index (χ0n) is 13.5. The molecule has 1 aliphatic heterocycles. The van der Waals surface area contributed by atoms with Crippen molar-refractivity contribution in [1.29, 1.82) is 0 Å². The number of likely N-dealkylation sites (tertiary alicyclic amines) is 1. The monoisotopic (exact) mass is 372 g/mol. The largest absolute Gasteiger partial charge is 0.492 e. The van der Waals surface area contributed by atoms with Crippen LogP contribution in [-0.4, -0.2) is 48.9 Å². The maximum atomic E-state index is 14.0. The number of halogens is 3. The van der Waals surface area contributed by atoms with Gasteiger partial charge in [0.2, 0.25) is 11.8 Å². The van der Waals surface area contributed by atoms with Crippen molar-refractivity contribution in [1.82, 2.24) is 10.2 Å². The van der Waals surface area contributed by atoms with E-state index in [2.05, 4.69) is 11.9 Å². The van der Waals surface area contributed by atoms with Crippen molar-refractivity contribution >= 4 is 23.4 Å². The SMILES string of the molecule is C=CC(=O)N1CCC(F)(F)C(C(=O)NCCOc2ccc(Cl)cc2)C1. The first-order chi connectivity index (χ1) is 11.8. The van der Waals surface area contributed by atoms with Gasteiger partial charge in [0.15, 0.2) is 0 Å². The normalized spacial score (nSPS) is 19.2. The van der Waals surface area contributed by atoms with Gasteiger partial charge in [-0.15, -0.1) is 0 Å². The molecule has 1 heterocycles. The van der Waals surface area contributed by atoms with Gasteiger partial charge in [-0.3, -0.25) is 9.59 Å². The first kappa shape index (κ1) is 19.2. The summed E-state index contributed by atoms with van der Waals surface area (Å²) in [6.45, 7) is 3.10. The lowest BCUT2D eigenvalue weighted by atomic mass is 9.92. The Morgan fingerprint density at radius 2 is 2.08 bits per heavy atom. The average Bonchev–Trinajstić information content (AvgIpc) is 2.59. The molecule has 2 amide bonds. The van der Waals surface area contributed by atoms with E-state index in [0.717, 1.165) is 6.08 Å². The van der Waals surface area contributed by atoms with Crippen molar-refractivity contribution in [3.05, 3.63) is 41.9 Å². The highest BCUT2D eigenvalue weighted by Gasteiger charge is 2.48. The molecule has 1 atom stereocenters. The van der Waals surface area contributed by atoms with E-state index >= 15 is 0 Å². The minimum absolute atomic E-state index is 0.0729. The second kappa shape index (κ2) is 8.29. The van der Waals surface area contributed by atoms with Crippen molar-refractivity contribution < 1.29 is 23.1 Å². The van der Waals surface area contributed by atoms with Crippen LogP contribution in [0.4, 0.5) is 8.78 Å². The van der Waals surface area contributed by atoms with E-state index in [4.69, 9.17) is 16.3 Å². The van der Waals surface area contributed by atoms with Crippen LogP contribution in [0.15, 0.2) is 36.9 Å². The zero-order chi connectivity index (χ0) is 18.4. The fourth-order valence-electron chi connectivity index (χ4n) is 2.50. The highest BCUT2D eigenvalue weighted by Crippen LogP contribution is 2.33. The molecule has 1 saturated heterocycles. The lowest BCUT2D eigenvalue weighted by molar-refractivity contribution is -0.155. The number of nitrogens with one attached hydrogen (secondary N) is 1. The van der Waals surface area contributed by atoms with Crippen molar-refractivity contribution in [2.45, 2.75) is 12.3 Å². The Labute approximate surface area is 149 Å². The van der Waals surface area contributed by atoms with Crippen molar-refractivity contribution in [3.8, 4) is 5.75 Å². The van der Waals surface area contributed by atoms with Crippen LogP contribution in [-0.2, 0) is 9.59 Å². The van der Waals surface area contributed by atoms with Gasteiger partial charge in [-0.2, -0.15) is 0 Å². The summed E-state index contributed by atoms with van der Waals surface area (Å²) in [4.78, 5) is 24.9. The molecule has 2 rings (SSSR count). The Morgan fingerprint density at radius 1 is 1.40 bits per heavy atom. The van der Waals surface area contributed by atoms with Crippen LogP contribution in [0.1, 0.15) is 6.42 Å². The second-order valence-electron chi connectivity index (χ2n) is 5.65. The lowest BCUT2D eigenvalue weighted by Gasteiger charge is -2.37. The number of carbonyl (C=O) groups is 2. The molecule has 5 nitrogen and oxygen atoms in total. The summed E-state index contributed by atoms with van der Waals surface area (Å²) in [6, 6.07) is 6.64. The minimum Gasteiger partial charge on any atom is -0.492 e. The van der Waals surface area contributed by atoms with Crippen LogP contribution in [0, 0.1) is 5.92 Å². The van der Waals surface area contributed by atoms with Gasteiger partial charge in [0.1, 0.15) is 18.3 Å². The third-order valence-corrected chi connectivity index (χ3v) is 4.17. The molecule has 0 aromatic heterocycles. The summed E-state index contributed by atoms with van der Waals surface area (Å²) < 4.78 is 33.4. The average molecular weight is 373 g/mol. The van der Waals surface area contributed by atoms with Gasteiger partial charge in [-0.1, -0.05) is 18.2 Å². The van der Waals surface area contributed by atoms with E-state index < -0.39 is 30.1 Å². The number of hydrogen-bond donors (Lipinski definition) is 1. The van der Waals surface area contributed by atoms with E-state index in [1.807, 2.05) is 0 Å². The summed E-state index contributed by atoms with van der Waals surface area (Å²) in [5.74, 6) is -5.44. The van der Waals surface area contributed by atoms with Gasteiger partial charge in [-0.05, 0) is 30.3 Å². The van der Waals surface area contributed by atoms with Crippen LogP contribution >= 0.6 is 11.6 Å². The second-order valence-corrected chi connectivity index (χ2v) is 6.08. The number of carbonyl (C=O) groups excluding carboxylic acids is 2. The van der Waals surface area contributed by atoms with Crippen LogP contribution in [0.2, 0.25) is 5.02 Å². The first-order valence-electron chi connectivity index (χ1n) is 7.79. The molecule has 0 spiro atoms. The number of alkyl halides is 2. The number of benzene rings is 1. The van der Waals surface area contributed by atoms with Crippen molar-refractivity contribution in [2.24, 2.45) is 5.92 Å². The molecule has 1 unspecified atom stereocenters. The summed E-state index contributed by atoms with van der Waals surface area (Å²) in [5.41, 5.74) is 0. The van der Waals surface area contributed by atoms with Gasteiger partial charge in [0.05, 0.1) is 6.54 Å². The number of rotatable bonds is 6. The molecule has 1 fully saturated rings. The van der Waals surface area contributed by atoms with Crippen LogP contribution in [0.5, 0.6) is 5.75 Å². The molecular formula is C17H19ClF2N2O3. The van der Waals surface area contributed by atoms with Crippen LogP contribution < -0.4 is 10.1 Å². The Balaban J connectivity index is 1.84. The molecule has 0 saturated carbocycles. The highest BCUT2D eigenvalue weighted by molar-refractivity contribution is 6.30. The molecule has 1 aromatic rings. The number of piperidine rings is 1. The van der Waals surface area contributed by atoms with E-state index in [0.29, 0.717) is 10.8 Å². The van der Waals surface area contributed by atoms with Gasteiger partial charge < -0.3 is 15.0 Å². The Hall–Kier alpha value is -2.15. The van der Waals surface area contributed by atoms with E-state index in [-0.39, 0.29) is 26.2 Å². The molecule has 1 aromatic carbocycles. The smallest absolute Gasteiger partial charge is 0.263 e. The predicted molar refractivity (Wildman–Crippen MR) is 89.8 cm³/mol.